The largest absolute Gasteiger partial charge is 0.489 e. The molecule has 0 fully saturated rings. The summed E-state index contributed by atoms with van der Waals surface area (Å²) in [7, 11) is 0. The van der Waals surface area contributed by atoms with Crippen LogP contribution in [0.25, 0.3) is 0 Å². The van der Waals surface area contributed by atoms with Crippen molar-refractivity contribution in [3.05, 3.63) is 64.7 Å². The Balaban J connectivity index is 2.13. The number of hydrogen-bond donors (Lipinski definition) is 2. The number of aryl methyl sites for hydroxylation is 1. The second-order valence-corrected chi connectivity index (χ2v) is 4.50. The minimum atomic E-state index is -0.939. The van der Waals surface area contributed by atoms with Gasteiger partial charge in [-0.25, -0.2) is 4.79 Å². The summed E-state index contributed by atoms with van der Waals surface area (Å²) in [6, 6.07) is 12.2. The van der Waals surface area contributed by atoms with Crippen molar-refractivity contribution in [2.75, 3.05) is 0 Å². The maximum atomic E-state index is 10.9. The zero-order chi connectivity index (χ0) is 14.5. The molecule has 2 N–H and O–H groups in total. The lowest BCUT2D eigenvalue weighted by Crippen LogP contribution is -2.03. The monoisotopic (exact) mass is 272 g/mol. The van der Waals surface area contributed by atoms with Crippen LogP contribution in [-0.4, -0.2) is 16.2 Å². The van der Waals surface area contributed by atoms with Gasteiger partial charge in [-0.3, -0.25) is 0 Å². The number of aliphatic hydroxyl groups excluding tert-OH is 1. The molecule has 0 aromatic heterocycles. The van der Waals surface area contributed by atoms with Gasteiger partial charge in [0.05, 0.1) is 12.2 Å². The molecule has 2 aromatic rings. The Morgan fingerprint density at radius 1 is 1.15 bits per heavy atom. The van der Waals surface area contributed by atoms with Gasteiger partial charge in [-0.2, -0.15) is 0 Å². The van der Waals surface area contributed by atoms with E-state index in [9.17, 15) is 9.90 Å². The number of benzene rings is 2. The molecule has 0 radical (unpaired) electrons. The van der Waals surface area contributed by atoms with E-state index in [2.05, 4.69) is 0 Å². The molecule has 2 aromatic carbocycles. The van der Waals surface area contributed by atoms with Crippen LogP contribution in [0, 0.1) is 6.92 Å². The van der Waals surface area contributed by atoms with Crippen molar-refractivity contribution in [2.24, 2.45) is 0 Å². The highest BCUT2D eigenvalue weighted by atomic mass is 16.5. The van der Waals surface area contributed by atoms with Crippen molar-refractivity contribution in [1.29, 1.82) is 0 Å². The molecule has 0 spiro atoms. The smallest absolute Gasteiger partial charge is 0.335 e. The van der Waals surface area contributed by atoms with Gasteiger partial charge in [0.25, 0.3) is 0 Å². The number of aliphatic hydroxyl groups is 1. The van der Waals surface area contributed by atoms with E-state index in [1.807, 2.05) is 19.1 Å². The third kappa shape index (κ3) is 3.16. The van der Waals surface area contributed by atoms with E-state index in [4.69, 9.17) is 9.84 Å². The van der Waals surface area contributed by atoms with Crippen LogP contribution in [0.4, 0.5) is 0 Å². The summed E-state index contributed by atoms with van der Waals surface area (Å²) < 4.78 is 5.69. The number of rotatable bonds is 5. The van der Waals surface area contributed by atoms with E-state index in [0.29, 0.717) is 12.4 Å². The summed E-state index contributed by atoms with van der Waals surface area (Å²) >= 11 is 0. The maximum absolute atomic E-state index is 10.9. The normalized spacial score (nSPS) is 10.3. The standard InChI is InChI=1S/C16H16O4/c1-11-8-12(16(18)19)6-7-14(11)10-20-15-5-3-2-4-13(15)9-17/h2-8,17H,9-10H2,1H3,(H,18,19). The van der Waals surface area contributed by atoms with Crippen LogP contribution >= 0.6 is 0 Å². The average molecular weight is 272 g/mol. The summed E-state index contributed by atoms with van der Waals surface area (Å²) in [6.45, 7) is 2.11. The van der Waals surface area contributed by atoms with Crippen LogP contribution < -0.4 is 4.74 Å². The van der Waals surface area contributed by atoms with Crippen LogP contribution in [0.1, 0.15) is 27.0 Å². The van der Waals surface area contributed by atoms with Crippen molar-refractivity contribution in [1.82, 2.24) is 0 Å². The first kappa shape index (κ1) is 14.1. The Hall–Kier alpha value is -2.33. The maximum Gasteiger partial charge on any atom is 0.335 e. The van der Waals surface area contributed by atoms with E-state index in [1.54, 1.807) is 30.3 Å². The van der Waals surface area contributed by atoms with Crippen LogP contribution in [0.15, 0.2) is 42.5 Å². The molecule has 0 unspecified atom stereocenters. The summed E-state index contributed by atoms with van der Waals surface area (Å²) in [6.07, 6.45) is 0. The Labute approximate surface area is 117 Å². The van der Waals surface area contributed by atoms with Gasteiger partial charge >= 0.3 is 5.97 Å². The van der Waals surface area contributed by atoms with Gasteiger partial charge < -0.3 is 14.9 Å². The summed E-state index contributed by atoms with van der Waals surface area (Å²) in [5.74, 6) is -0.303. The van der Waals surface area contributed by atoms with E-state index < -0.39 is 5.97 Å². The first-order valence-electron chi connectivity index (χ1n) is 6.26. The molecule has 4 heteroatoms. The molecule has 0 aliphatic rings. The second-order valence-electron chi connectivity index (χ2n) is 4.50. The van der Waals surface area contributed by atoms with Crippen molar-refractivity contribution in [3.63, 3.8) is 0 Å². The number of para-hydroxylation sites is 1. The van der Waals surface area contributed by atoms with Gasteiger partial charge in [0, 0.05) is 5.56 Å². The molecule has 2 rings (SSSR count). The van der Waals surface area contributed by atoms with Crippen molar-refractivity contribution >= 4 is 5.97 Å². The number of ether oxygens (including phenoxy) is 1. The number of carboxylic acids is 1. The highest BCUT2D eigenvalue weighted by Gasteiger charge is 2.07. The van der Waals surface area contributed by atoms with Gasteiger partial charge in [-0.05, 0) is 36.2 Å². The quantitative estimate of drug-likeness (QED) is 0.878. The fraction of sp³-hybridized carbons (Fsp3) is 0.188. The van der Waals surface area contributed by atoms with Crippen molar-refractivity contribution in [3.8, 4) is 5.75 Å². The number of carboxylic acid groups (broad SMARTS) is 1. The molecule has 0 bridgehead atoms. The number of carbonyl (C=O) groups is 1. The molecule has 0 atom stereocenters. The minimum Gasteiger partial charge on any atom is -0.489 e. The first-order valence-corrected chi connectivity index (χ1v) is 6.26. The van der Waals surface area contributed by atoms with E-state index in [0.717, 1.165) is 16.7 Å². The molecule has 0 saturated carbocycles. The molecule has 0 aliphatic heterocycles. The van der Waals surface area contributed by atoms with Crippen LogP contribution in [0.5, 0.6) is 5.75 Å². The molecule has 0 saturated heterocycles. The van der Waals surface area contributed by atoms with Crippen molar-refractivity contribution in [2.45, 2.75) is 20.1 Å². The molecular weight excluding hydrogens is 256 g/mol. The Morgan fingerprint density at radius 2 is 1.90 bits per heavy atom. The Morgan fingerprint density at radius 3 is 2.55 bits per heavy atom. The van der Waals surface area contributed by atoms with E-state index in [1.165, 1.54) is 0 Å². The minimum absolute atomic E-state index is 0.0763. The van der Waals surface area contributed by atoms with Gasteiger partial charge in [0.2, 0.25) is 0 Å². The zero-order valence-corrected chi connectivity index (χ0v) is 11.2. The predicted molar refractivity (Wildman–Crippen MR) is 74.8 cm³/mol. The molecule has 104 valence electrons. The van der Waals surface area contributed by atoms with Gasteiger partial charge in [-0.1, -0.05) is 24.3 Å². The van der Waals surface area contributed by atoms with Gasteiger partial charge in [0.1, 0.15) is 12.4 Å². The fourth-order valence-corrected chi connectivity index (χ4v) is 1.92. The Bertz CT molecular complexity index is 620. The molecule has 0 amide bonds. The molecule has 4 nitrogen and oxygen atoms in total. The second kappa shape index (κ2) is 6.21. The highest BCUT2D eigenvalue weighted by Crippen LogP contribution is 2.20. The lowest BCUT2D eigenvalue weighted by Gasteiger charge is -2.12. The van der Waals surface area contributed by atoms with Gasteiger partial charge in [0.15, 0.2) is 0 Å². The zero-order valence-electron chi connectivity index (χ0n) is 11.2. The topological polar surface area (TPSA) is 66.8 Å². The number of hydrogen-bond acceptors (Lipinski definition) is 3. The fourth-order valence-electron chi connectivity index (χ4n) is 1.92. The summed E-state index contributed by atoms with van der Waals surface area (Å²) in [4.78, 5) is 10.9. The average Bonchev–Trinajstić information content (AvgIpc) is 2.46. The number of aromatic carboxylic acids is 1. The SMILES string of the molecule is Cc1cc(C(=O)O)ccc1COc1ccccc1CO. The molecule has 0 heterocycles. The predicted octanol–water partition coefficient (Wildman–Crippen LogP) is 2.76. The summed E-state index contributed by atoms with van der Waals surface area (Å²) in [5, 5.41) is 18.1. The summed E-state index contributed by atoms with van der Waals surface area (Å²) in [5.41, 5.74) is 2.78. The lowest BCUT2D eigenvalue weighted by molar-refractivity contribution is 0.0696. The van der Waals surface area contributed by atoms with Crippen LogP contribution in [0.2, 0.25) is 0 Å². The molecular formula is C16H16O4. The van der Waals surface area contributed by atoms with E-state index in [-0.39, 0.29) is 12.2 Å². The van der Waals surface area contributed by atoms with E-state index >= 15 is 0 Å². The lowest BCUT2D eigenvalue weighted by atomic mass is 10.1. The molecule has 20 heavy (non-hydrogen) atoms. The van der Waals surface area contributed by atoms with Gasteiger partial charge in [-0.15, -0.1) is 0 Å². The third-order valence-electron chi connectivity index (χ3n) is 3.12. The third-order valence-corrected chi connectivity index (χ3v) is 3.12. The Kier molecular flexibility index (Phi) is 4.38. The van der Waals surface area contributed by atoms with Crippen LogP contribution in [0.3, 0.4) is 0 Å². The first-order chi connectivity index (χ1) is 9.61. The van der Waals surface area contributed by atoms with Crippen LogP contribution in [-0.2, 0) is 13.2 Å². The molecule has 0 aliphatic carbocycles. The highest BCUT2D eigenvalue weighted by molar-refractivity contribution is 5.87. The van der Waals surface area contributed by atoms with Crippen molar-refractivity contribution < 1.29 is 19.7 Å².